The maximum Gasteiger partial charge on any atom is 0.164 e. The molecule has 0 unspecified atom stereocenters. The fourth-order valence-electron chi connectivity index (χ4n) is 9.98. The van der Waals surface area contributed by atoms with Crippen LogP contribution in [0, 0.1) is 29.1 Å². The van der Waals surface area contributed by atoms with Crippen LogP contribution in [0.5, 0.6) is 0 Å². The van der Waals surface area contributed by atoms with Crippen LogP contribution in [0.15, 0.2) is 121 Å². The Hall–Kier alpha value is -5.60. The molecule has 4 aliphatic rings. The van der Waals surface area contributed by atoms with Crippen LogP contribution in [0.25, 0.3) is 61.7 Å². The van der Waals surface area contributed by atoms with E-state index in [4.69, 9.17) is 15.0 Å². The third kappa shape index (κ3) is 4.62. The molecular formula is C44H35N5. The lowest BCUT2D eigenvalue weighted by molar-refractivity contribution is -0.00518. The quantitative estimate of drug-likeness (QED) is 0.189. The highest BCUT2D eigenvalue weighted by atomic mass is 15.0. The minimum absolute atomic E-state index is 0.351. The number of nitriles is 1. The van der Waals surface area contributed by atoms with Crippen molar-refractivity contribution in [1.29, 1.82) is 5.26 Å². The van der Waals surface area contributed by atoms with E-state index in [-0.39, 0.29) is 0 Å². The van der Waals surface area contributed by atoms with E-state index in [0.717, 1.165) is 61.9 Å². The van der Waals surface area contributed by atoms with Crippen LogP contribution in [0.4, 0.5) is 0 Å². The second kappa shape index (κ2) is 11.0. The van der Waals surface area contributed by atoms with E-state index in [2.05, 4.69) is 95.6 Å². The Morgan fingerprint density at radius 1 is 0.592 bits per heavy atom. The van der Waals surface area contributed by atoms with Crippen molar-refractivity contribution < 1.29 is 0 Å². The molecule has 0 radical (unpaired) electrons. The molecule has 2 heterocycles. The number of hydrogen-bond acceptors (Lipinski definition) is 4. The number of fused-ring (bicyclic) bond motifs is 3. The summed E-state index contributed by atoms with van der Waals surface area (Å²) < 4.78 is 2.23. The molecule has 236 valence electrons. The van der Waals surface area contributed by atoms with Gasteiger partial charge < -0.3 is 4.57 Å². The fraction of sp³-hybridized carbons (Fsp3) is 0.227. The Morgan fingerprint density at radius 2 is 1.20 bits per heavy atom. The van der Waals surface area contributed by atoms with Gasteiger partial charge in [-0.1, -0.05) is 91.0 Å². The highest BCUT2D eigenvalue weighted by Gasteiger charge is 2.51. The summed E-state index contributed by atoms with van der Waals surface area (Å²) in [5.41, 5.74) is 8.46. The average Bonchev–Trinajstić information content (AvgIpc) is 3.49. The molecule has 2 aromatic heterocycles. The van der Waals surface area contributed by atoms with E-state index in [0.29, 0.717) is 28.5 Å². The first-order chi connectivity index (χ1) is 24.1. The number of hydrogen-bond donors (Lipinski definition) is 0. The third-order valence-corrected chi connectivity index (χ3v) is 11.6. The van der Waals surface area contributed by atoms with Crippen molar-refractivity contribution in [2.45, 2.75) is 43.9 Å². The van der Waals surface area contributed by atoms with Crippen molar-refractivity contribution in [3.8, 4) is 45.9 Å². The maximum absolute atomic E-state index is 9.67. The van der Waals surface area contributed by atoms with Gasteiger partial charge in [-0.25, -0.2) is 15.0 Å². The van der Waals surface area contributed by atoms with Crippen LogP contribution in [0.2, 0.25) is 0 Å². The molecule has 49 heavy (non-hydrogen) atoms. The number of rotatable bonds is 5. The van der Waals surface area contributed by atoms with E-state index in [1.54, 1.807) is 0 Å². The van der Waals surface area contributed by atoms with E-state index >= 15 is 0 Å². The molecule has 5 heteroatoms. The van der Waals surface area contributed by atoms with Gasteiger partial charge in [-0.05, 0) is 97.6 Å². The van der Waals surface area contributed by atoms with Gasteiger partial charge in [0.2, 0.25) is 0 Å². The van der Waals surface area contributed by atoms with Crippen LogP contribution in [-0.4, -0.2) is 19.5 Å². The number of para-hydroxylation sites is 1. The van der Waals surface area contributed by atoms with Gasteiger partial charge >= 0.3 is 0 Å². The molecule has 0 aliphatic heterocycles. The Morgan fingerprint density at radius 3 is 1.92 bits per heavy atom. The first-order valence-electron chi connectivity index (χ1n) is 17.6. The van der Waals surface area contributed by atoms with E-state index in [1.165, 1.54) is 44.1 Å². The van der Waals surface area contributed by atoms with Crippen molar-refractivity contribution in [3.05, 3.63) is 132 Å². The second-order valence-corrected chi connectivity index (χ2v) is 14.7. The predicted molar refractivity (Wildman–Crippen MR) is 195 cm³/mol. The molecule has 0 amide bonds. The van der Waals surface area contributed by atoms with E-state index < -0.39 is 0 Å². The lowest BCUT2D eigenvalue weighted by Gasteiger charge is -2.57. The van der Waals surface area contributed by atoms with Gasteiger partial charge in [0, 0.05) is 33.2 Å². The Bertz CT molecular complexity index is 2400. The van der Waals surface area contributed by atoms with Gasteiger partial charge in [0.15, 0.2) is 17.5 Å². The number of nitrogens with zero attached hydrogens (tertiary/aromatic N) is 5. The summed E-state index contributed by atoms with van der Waals surface area (Å²) in [6.07, 6.45) is 8.40. The summed E-state index contributed by atoms with van der Waals surface area (Å²) in [5.74, 6) is 4.73. The van der Waals surface area contributed by atoms with Crippen LogP contribution < -0.4 is 0 Å². The normalized spacial score (nSPS) is 22.5. The van der Waals surface area contributed by atoms with Crippen molar-refractivity contribution in [2.75, 3.05) is 0 Å². The number of benzene rings is 5. The van der Waals surface area contributed by atoms with Crippen LogP contribution >= 0.6 is 0 Å². The minimum atomic E-state index is 0.351. The standard InChI is InChI=1S/C44H35N5/c45-27-28-8-6-11-35(23-28)49-38-14-5-4-12-36(38)40-37(13-7-15-39(40)49)43-47-41(32-9-2-1-3-10-32)46-42(48-43)33-16-18-34(19-17-33)44-24-29-20-30(25-44)22-31(21-29)26-44/h1-19,23,29-31H,20-22,24-26H2/t29-,30+,31-,44?. The molecule has 0 spiro atoms. The van der Waals surface area contributed by atoms with Gasteiger partial charge in [-0.2, -0.15) is 5.26 Å². The third-order valence-electron chi connectivity index (χ3n) is 11.6. The van der Waals surface area contributed by atoms with Gasteiger partial charge in [0.1, 0.15) is 0 Å². The Balaban J connectivity index is 1.14. The maximum atomic E-state index is 9.67. The monoisotopic (exact) mass is 633 g/mol. The average molecular weight is 634 g/mol. The summed E-state index contributed by atoms with van der Waals surface area (Å²) >= 11 is 0. The van der Waals surface area contributed by atoms with Gasteiger partial charge in [0.25, 0.3) is 0 Å². The molecular weight excluding hydrogens is 599 g/mol. The zero-order valence-electron chi connectivity index (χ0n) is 27.3. The van der Waals surface area contributed by atoms with Crippen LogP contribution in [0.3, 0.4) is 0 Å². The zero-order valence-corrected chi connectivity index (χ0v) is 27.3. The highest BCUT2D eigenvalue weighted by molar-refractivity contribution is 6.15. The summed E-state index contributed by atoms with van der Waals surface area (Å²) in [6.45, 7) is 0. The molecule has 5 nitrogen and oxygen atoms in total. The fourth-order valence-corrected chi connectivity index (χ4v) is 9.98. The largest absolute Gasteiger partial charge is 0.309 e. The molecule has 11 rings (SSSR count). The van der Waals surface area contributed by atoms with Crippen molar-refractivity contribution >= 4 is 21.8 Å². The lowest BCUT2D eigenvalue weighted by atomic mass is 9.48. The molecule has 0 N–H and O–H groups in total. The van der Waals surface area contributed by atoms with Crippen molar-refractivity contribution in [2.24, 2.45) is 17.8 Å². The first-order valence-corrected chi connectivity index (χ1v) is 17.6. The molecule has 4 aliphatic carbocycles. The van der Waals surface area contributed by atoms with E-state index in [9.17, 15) is 5.26 Å². The SMILES string of the molecule is N#Cc1cccc(-n2c3ccccc3c3c(-c4nc(-c5ccccc5)nc(-c5ccc(C67C[C@H]8C[C@@H](C6)C[C@@H](C7)C8)cc5)n4)cccc32)c1. The van der Waals surface area contributed by atoms with Crippen molar-refractivity contribution in [3.63, 3.8) is 0 Å². The Kier molecular flexibility index (Phi) is 6.36. The molecule has 0 saturated heterocycles. The smallest absolute Gasteiger partial charge is 0.164 e. The Labute approximate surface area is 285 Å². The van der Waals surface area contributed by atoms with Crippen LogP contribution in [0.1, 0.15) is 49.7 Å². The van der Waals surface area contributed by atoms with Gasteiger partial charge in [-0.15, -0.1) is 0 Å². The zero-order chi connectivity index (χ0) is 32.5. The van der Waals surface area contributed by atoms with E-state index in [1.807, 2.05) is 36.4 Å². The molecule has 7 aromatic rings. The summed E-state index contributed by atoms with van der Waals surface area (Å²) in [6, 6.07) is 44.3. The summed E-state index contributed by atoms with van der Waals surface area (Å²) in [4.78, 5) is 15.4. The van der Waals surface area contributed by atoms with Crippen LogP contribution in [-0.2, 0) is 5.41 Å². The minimum Gasteiger partial charge on any atom is -0.309 e. The van der Waals surface area contributed by atoms with Gasteiger partial charge in [0.05, 0.1) is 22.7 Å². The van der Waals surface area contributed by atoms with Crippen molar-refractivity contribution in [1.82, 2.24) is 19.5 Å². The molecule has 4 saturated carbocycles. The molecule has 4 fully saturated rings. The highest BCUT2D eigenvalue weighted by Crippen LogP contribution is 2.60. The molecule has 4 bridgehead atoms. The topological polar surface area (TPSA) is 67.4 Å². The molecule has 0 atom stereocenters. The summed E-state index contributed by atoms with van der Waals surface area (Å²) in [7, 11) is 0. The lowest BCUT2D eigenvalue weighted by Crippen LogP contribution is -2.48. The predicted octanol–water partition coefficient (Wildman–Crippen LogP) is 10.3. The first kappa shape index (κ1) is 28.4. The number of aromatic nitrogens is 4. The second-order valence-electron chi connectivity index (χ2n) is 14.7. The molecule has 5 aromatic carbocycles. The van der Waals surface area contributed by atoms with Gasteiger partial charge in [-0.3, -0.25) is 0 Å². The summed E-state index contributed by atoms with van der Waals surface area (Å²) in [5, 5.41) is 11.9.